The van der Waals surface area contributed by atoms with Crippen LogP contribution >= 0.6 is 0 Å². The number of nitriles is 1. The van der Waals surface area contributed by atoms with Crippen LogP contribution in [0.2, 0.25) is 0 Å². The topological polar surface area (TPSA) is 78.2 Å². The van der Waals surface area contributed by atoms with Crippen molar-refractivity contribution in [2.45, 2.75) is 18.9 Å². The summed E-state index contributed by atoms with van der Waals surface area (Å²) >= 11 is 0. The number of nitrogens with zero attached hydrogens (tertiary/aromatic N) is 2. The Kier molecular flexibility index (Phi) is 4.52. The van der Waals surface area contributed by atoms with Gasteiger partial charge in [-0.25, -0.2) is 4.98 Å². The van der Waals surface area contributed by atoms with Crippen LogP contribution in [0.25, 0.3) is 10.9 Å². The summed E-state index contributed by atoms with van der Waals surface area (Å²) < 4.78 is 5.46. The van der Waals surface area contributed by atoms with Gasteiger partial charge >= 0.3 is 0 Å². The molecule has 1 unspecified atom stereocenters. The predicted molar refractivity (Wildman–Crippen MR) is 84.5 cm³/mol. The molecule has 1 aliphatic rings. The van der Waals surface area contributed by atoms with E-state index in [1.165, 1.54) is 12.8 Å². The maximum Gasteiger partial charge on any atom is 0.128 e. The van der Waals surface area contributed by atoms with Crippen molar-refractivity contribution < 1.29 is 9.84 Å². The van der Waals surface area contributed by atoms with Gasteiger partial charge in [0.25, 0.3) is 0 Å². The van der Waals surface area contributed by atoms with E-state index in [-0.39, 0.29) is 0 Å². The molecule has 1 aromatic carbocycles. The number of pyridine rings is 1. The molecular formula is C17H19N3O2. The second kappa shape index (κ2) is 6.73. The van der Waals surface area contributed by atoms with Gasteiger partial charge in [-0.1, -0.05) is 18.2 Å². The number of hydrogen-bond acceptors (Lipinski definition) is 5. The molecule has 3 rings (SSSR count). The van der Waals surface area contributed by atoms with Gasteiger partial charge in [0.2, 0.25) is 0 Å². The molecule has 1 aromatic heterocycles. The Morgan fingerprint density at radius 1 is 1.41 bits per heavy atom. The van der Waals surface area contributed by atoms with Crippen molar-refractivity contribution in [3.05, 3.63) is 35.9 Å². The first-order valence-corrected chi connectivity index (χ1v) is 7.56. The summed E-state index contributed by atoms with van der Waals surface area (Å²) in [6, 6.07) is 11.4. The van der Waals surface area contributed by atoms with Gasteiger partial charge in [0.1, 0.15) is 5.82 Å². The van der Waals surface area contributed by atoms with E-state index in [1.807, 2.05) is 24.3 Å². The van der Waals surface area contributed by atoms with Crippen LogP contribution < -0.4 is 5.32 Å². The largest absolute Gasteiger partial charge is 0.389 e. The molecule has 0 radical (unpaired) electrons. The molecule has 1 aliphatic carbocycles. The molecule has 1 fully saturated rings. The summed E-state index contributed by atoms with van der Waals surface area (Å²) in [6.07, 6.45) is 1.90. The Balaban J connectivity index is 1.59. The number of rotatable bonds is 7. The fourth-order valence-corrected chi connectivity index (χ4v) is 2.30. The third-order valence-corrected chi connectivity index (χ3v) is 3.72. The zero-order chi connectivity index (χ0) is 15.4. The summed E-state index contributed by atoms with van der Waals surface area (Å²) in [6.45, 7) is 1.41. The van der Waals surface area contributed by atoms with E-state index >= 15 is 0 Å². The number of aromatic nitrogens is 1. The summed E-state index contributed by atoms with van der Waals surface area (Å²) in [5.74, 6) is 1.29. The summed E-state index contributed by atoms with van der Waals surface area (Å²) in [5, 5.41) is 23.0. The number of aliphatic hydroxyl groups is 1. The standard InChI is InChI=1S/C17H19N3O2/c18-8-13-7-17(20-16-4-2-1-3-15(13)16)19-9-14(21)11-22-10-12-5-6-12/h1-4,7,12,14,21H,5-6,9-11H2,(H,19,20). The van der Waals surface area contributed by atoms with Crippen LogP contribution in [0.4, 0.5) is 5.82 Å². The number of aliphatic hydroxyl groups excluding tert-OH is 1. The Bertz CT molecular complexity index is 692. The summed E-state index contributed by atoms with van der Waals surface area (Å²) in [7, 11) is 0. The summed E-state index contributed by atoms with van der Waals surface area (Å²) in [5.41, 5.74) is 1.34. The van der Waals surface area contributed by atoms with Crippen molar-refractivity contribution in [3.63, 3.8) is 0 Å². The predicted octanol–water partition coefficient (Wildman–Crippen LogP) is 2.31. The minimum atomic E-state index is -0.586. The van der Waals surface area contributed by atoms with Gasteiger partial charge in [-0.15, -0.1) is 0 Å². The van der Waals surface area contributed by atoms with Crippen molar-refractivity contribution in [1.82, 2.24) is 4.98 Å². The average Bonchev–Trinajstić information content (AvgIpc) is 3.36. The monoisotopic (exact) mass is 297 g/mol. The third-order valence-electron chi connectivity index (χ3n) is 3.72. The minimum absolute atomic E-state index is 0.322. The van der Waals surface area contributed by atoms with Crippen molar-refractivity contribution in [3.8, 4) is 6.07 Å². The first-order chi connectivity index (χ1) is 10.8. The fraction of sp³-hybridized carbons (Fsp3) is 0.412. The Morgan fingerprint density at radius 3 is 3.00 bits per heavy atom. The van der Waals surface area contributed by atoms with E-state index < -0.39 is 6.10 Å². The van der Waals surface area contributed by atoms with E-state index in [1.54, 1.807) is 6.07 Å². The molecule has 1 heterocycles. The molecule has 114 valence electrons. The highest BCUT2D eigenvalue weighted by atomic mass is 16.5. The first kappa shape index (κ1) is 14.8. The molecule has 0 amide bonds. The van der Waals surface area contributed by atoms with E-state index in [9.17, 15) is 10.4 Å². The number of benzene rings is 1. The maximum absolute atomic E-state index is 9.90. The van der Waals surface area contributed by atoms with Crippen molar-refractivity contribution in [2.24, 2.45) is 5.92 Å². The van der Waals surface area contributed by atoms with Crippen LogP contribution in [0.3, 0.4) is 0 Å². The minimum Gasteiger partial charge on any atom is -0.389 e. The van der Waals surface area contributed by atoms with Gasteiger partial charge in [0.15, 0.2) is 0 Å². The third kappa shape index (κ3) is 3.73. The lowest BCUT2D eigenvalue weighted by atomic mass is 10.1. The second-order valence-corrected chi connectivity index (χ2v) is 5.70. The number of nitrogens with one attached hydrogen (secondary N) is 1. The number of anilines is 1. The number of para-hydroxylation sites is 1. The van der Waals surface area contributed by atoms with Crippen LogP contribution in [0.5, 0.6) is 0 Å². The lowest BCUT2D eigenvalue weighted by Gasteiger charge is -2.13. The summed E-state index contributed by atoms with van der Waals surface area (Å²) in [4.78, 5) is 4.46. The van der Waals surface area contributed by atoms with Crippen LogP contribution in [-0.4, -0.2) is 36.0 Å². The average molecular weight is 297 g/mol. The molecule has 5 nitrogen and oxygen atoms in total. The van der Waals surface area contributed by atoms with E-state index in [0.29, 0.717) is 30.5 Å². The smallest absolute Gasteiger partial charge is 0.128 e. The lowest BCUT2D eigenvalue weighted by molar-refractivity contribution is 0.0386. The SMILES string of the molecule is N#Cc1cc(NCC(O)COCC2CC2)nc2ccccc12. The zero-order valence-electron chi connectivity index (χ0n) is 12.3. The fourth-order valence-electron chi connectivity index (χ4n) is 2.30. The van der Waals surface area contributed by atoms with Gasteiger partial charge in [0, 0.05) is 18.5 Å². The highest BCUT2D eigenvalue weighted by molar-refractivity contribution is 5.86. The van der Waals surface area contributed by atoms with Crippen LogP contribution in [0, 0.1) is 17.2 Å². The van der Waals surface area contributed by atoms with Gasteiger partial charge in [-0.3, -0.25) is 0 Å². The number of fused-ring (bicyclic) bond motifs is 1. The maximum atomic E-state index is 9.90. The van der Waals surface area contributed by atoms with Gasteiger partial charge in [0.05, 0.1) is 29.9 Å². The number of hydrogen-bond donors (Lipinski definition) is 2. The molecule has 1 saturated carbocycles. The first-order valence-electron chi connectivity index (χ1n) is 7.56. The van der Waals surface area contributed by atoms with Crippen molar-refractivity contribution >= 4 is 16.7 Å². The normalized spacial score (nSPS) is 15.5. The van der Waals surface area contributed by atoms with E-state index in [0.717, 1.165) is 17.5 Å². The highest BCUT2D eigenvalue weighted by Crippen LogP contribution is 2.28. The van der Waals surface area contributed by atoms with E-state index in [2.05, 4.69) is 16.4 Å². The molecule has 2 N–H and O–H groups in total. The molecule has 2 aromatic rings. The Labute approximate surface area is 129 Å². The molecular weight excluding hydrogens is 278 g/mol. The highest BCUT2D eigenvalue weighted by Gasteiger charge is 2.21. The molecule has 0 spiro atoms. The molecule has 5 heteroatoms. The molecule has 1 atom stereocenters. The van der Waals surface area contributed by atoms with Crippen LogP contribution in [0.1, 0.15) is 18.4 Å². The van der Waals surface area contributed by atoms with Crippen molar-refractivity contribution in [1.29, 1.82) is 5.26 Å². The van der Waals surface area contributed by atoms with Crippen LogP contribution in [0.15, 0.2) is 30.3 Å². The van der Waals surface area contributed by atoms with E-state index in [4.69, 9.17) is 4.74 Å². The second-order valence-electron chi connectivity index (χ2n) is 5.70. The van der Waals surface area contributed by atoms with Crippen molar-refractivity contribution in [2.75, 3.05) is 25.1 Å². The quantitative estimate of drug-likeness (QED) is 0.820. The Hall–Kier alpha value is -2.16. The molecule has 0 bridgehead atoms. The zero-order valence-corrected chi connectivity index (χ0v) is 12.3. The van der Waals surface area contributed by atoms with Gasteiger partial charge in [-0.2, -0.15) is 5.26 Å². The Morgan fingerprint density at radius 2 is 2.23 bits per heavy atom. The lowest BCUT2D eigenvalue weighted by Crippen LogP contribution is -2.25. The molecule has 0 saturated heterocycles. The van der Waals surface area contributed by atoms with Gasteiger partial charge < -0.3 is 15.2 Å². The van der Waals surface area contributed by atoms with Gasteiger partial charge in [-0.05, 0) is 30.9 Å². The molecule has 22 heavy (non-hydrogen) atoms. The molecule has 0 aliphatic heterocycles. The van der Waals surface area contributed by atoms with Crippen LogP contribution in [-0.2, 0) is 4.74 Å². The number of ether oxygens (including phenoxy) is 1.